The summed E-state index contributed by atoms with van der Waals surface area (Å²) in [7, 11) is 1.95. The van der Waals surface area contributed by atoms with Gasteiger partial charge >= 0.3 is 0 Å². The standard InChI is InChI=1S/C13H23N3O.ClH/c1-4-13(7-5-6-8-13)12-15-11(16-17-12)9-10(2)14-3;/h10,14H,4-9H2,1-3H3;1H. The lowest BCUT2D eigenvalue weighted by molar-refractivity contribution is 0.271. The molecule has 18 heavy (non-hydrogen) atoms. The van der Waals surface area contributed by atoms with Crippen molar-refractivity contribution in [3.63, 3.8) is 0 Å². The SMILES string of the molecule is CCC1(c2nc(CC(C)NC)no2)CCCC1.Cl. The molecule has 1 fully saturated rings. The number of hydrogen-bond acceptors (Lipinski definition) is 4. The average Bonchev–Trinajstić information content (AvgIpc) is 2.97. The third-order valence-electron chi connectivity index (χ3n) is 4.14. The molecule has 1 atom stereocenters. The van der Waals surface area contributed by atoms with E-state index < -0.39 is 0 Å². The first-order valence-electron chi connectivity index (χ1n) is 6.70. The Labute approximate surface area is 115 Å². The van der Waals surface area contributed by atoms with Gasteiger partial charge in [0.1, 0.15) is 0 Å². The van der Waals surface area contributed by atoms with Crippen LogP contribution in [-0.4, -0.2) is 23.2 Å². The van der Waals surface area contributed by atoms with Crippen molar-refractivity contribution in [2.45, 2.75) is 63.8 Å². The van der Waals surface area contributed by atoms with E-state index in [-0.39, 0.29) is 17.8 Å². The first-order valence-corrected chi connectivity index (χ1v) is 6.70. The number of nitrogens with zero attached hydrogens (tertiary/aromatic N) is 2. The summed E-state index contributed by atoms with van der Waals surface area (Å²) in [6.07, 6.45) is 6.92. The third kappa shape index (κ3) is 3.04. The highest BCUT2D eigenvalue weighted by Crippen LogP contribution is 2.42. The van der Waals surface area contributed by atoms with Gasteiger partial charge < -0.3 is 9.84 Å². The molecule has 0 aliphatic heterocycles. The molecular weight excluding hydrogens is 250 g/mol. The lowest BCUT2D eigenvalue weighted by Crippen LogP contribution is -2.24. The highest BCUT2D eigenvalue weighted by atomic mass is 35.5. The molecule has 0 bridgehead atoms. The fourth-order valence-electron chi connectivity index (χ4n) is 2.70. The fraction of sp³-hybridized carbons (Fsp3) is 0.846. The van der Waals surface area contributed by atoms with Gasteiger partial charge in [0.2, 0.25) is 5.89 Å². The van der Waals surface area contributed by atoms with Crippen LogP contribution in [0.3, 0.4) is 0 Å². The van der Waals surface area contributed by atoms with Crippen LogP contribution in [0.5, 0.6) is 0 Å². The predicted molar refractivity (Wildman–Crippen MR) is 74.2 cm³/mol. The number of likely N-dealkylation sites (N-methyl/N-ethyl adjacent to an activating group) is 1. The van der Waals surface area contributed by atoms with E-state index >= 15 is 0 Å². The molecule has 1 aromatic rings. The Kier molecular flexibility index (Phi) is 5.60. The van der Waals surface area contributed by atoms with Crippen LogP contribution in [0.2, 0.25) is 0 Å². The Hall–Kier alpha value is -0.610. The van der Waals surface area contributed by atoms with E-state index in [1.807, 2.05) is 7.05 Å². The van der Waals surface area contributed by atoms with E-state index in [9.17, 15) is 0 Å². The molecule has 0 aromatic carbocycles. The predicted octanol–water partition coefficient (Wildman–Crippen LogP) is 2.86. The molecule has 1 aliphatic carbocycles. The summed E-state index contributed by atoms with van der Waals surface area (Å²) in [5.74, 6) is 1.71. The van der Waals surface area contributed by atoms with Crippen molar-refractivity contribution in [1.82, 2.24) is 15.5 Å². The second-order valence-electron chi connectivity index (χ2n) is 5.25. The Morgan fingerprint density at radius 2 is 2.06 bits per heavy atom. The van der Waals surface area contributed by atoms with Gasteiger partial charge in [0.05, 0.1) is 0 Å². The maximum Gasteiger partial charge on any atom is 0.232 e. The summed E-state index contributed by atoms with van der Waals surface area (Å²) in [6.45, 7) is 4.35. The van der Waals surface area contributed by atoms with Gasteiger partial charge in [0.15, 0.2) is 5.82 Å². The van der Waals surface area contributed by atoms with Crippen LogP contribution in [-0.2, 0) is 11.8 Å². The highest BCUT2D eigenvalue weighted by Gasteiger charge is 2.39. The lowest BCUT2D eigenvalue weighted by Gasteiger charge is -2.21. The zero-order chi connectivity index (χ0) is 12.3. The summed E-state index contributed by atoms with van der Waals surface area (Å²) in [5.41, 5.74) is 0.175. The van der Waals surface area contributed by atoms with Crippen LogP contribution in [0.1, 0.15) is 57.7 Å². The molecule has 0 radical (unpaired) electrons. The molecule has 4 nitrogen and oxygen atoms in total. The van der Waals surface area contributed by atoms with Gasteiger partial charge in [0, 0.05) is 17.9 Å². The topological polar surface area (TPSA) is 51.0 Å². The van der Waals surface area contributed by atoms with Crippen molar-refractivity contribution in [2.24, 2.45) is 0 Å². The minimum absolute atomic E-state index is 0. The van der Waals surface area contributed by atoms with E-state index in [4.69, 9.17) is 4.52 Å². The molecule has 1 saturated carbocycles. The van der Waals surface area contributed by atoms with Crippen LogP contribution in [0.25, 0.3) is 0 Å². The van der Waals surface area contributed by atoms with Crippen molar-refractivity contribution in [3.05, 3.63) is 11.7 Å². The van der Waals surface area contributed by atoms with Gasteiger partial charge in [0.25, 0.3) is 0 Å². The van der Waals surface area contributed by atoms with E-state index in [0.717, 1.165) is 24.6 Å². The van der Waals surface area contributed by atoms with Crippen LogP contribution in [0.15, 0.2) is 4.52 Å². The van der Waals surface area contributed by atoms with Gasteiger partial charge in [-0.2, -0.15) is 4.98 Å². The molecule has 2 rings (SSSR count). The molecule has 1 aliphatic rings. The van der Waals surface area contributed by atoms with E-state index in [1.54, 1.807) is 0 Å². The summed E-state index contributed by atoms with van der Waals surface area (Å²) in [5, 5.41) is 7.31. The molecule has 104 valence electrons. The number of rotatable bonds is 5. The summed E-state index contributed by atoms with van der Waals surface area (Å²) < 4.78 is 5.50. The molecule has 0 spiro atoms. The van der Waals surface area contributed by atoms with Crippen LogP contribution < -0.4 is 5.32 Å². The Morgan fingerprint density at radius 3 is 2.61 bits per heavy atom. The monoisotopic (exact) mass is 273 g/mol. The van der Waals surface area contributed by atoms with E-state index in [1.165, 1.54) is 25.7 Å². The minimum Gasteiger partial charge on any atom is -0.339 e. The Balaban J connectivity index is 0.00000162. The summed E-state index contributed by atoms with van der Waals surface area (Å²) in [4.78, 5) is 4.61. The fourth-order valence-corrected chi connectivity index (χ4v) is 2.70. The smallest absolute Gasteiger partial charge is 0.232 e. The first kappa shape index (κ1) is 15.4. The molecule has 1 heterocycles. The maximum absolute atomic E-state index is 5.50. The van der Waals surface area contributed by atoms with Crippen molar-refractivity contribution in [2.75, 3.05) is 7.05 Å². The van der Waals surface area contributed by atoms with Crippen molar-refractivity contribution in [1.29, 1.82) is 0 Å². The molecule has 1 aromatic heterocycles. The highest BCUT2D eigenvalue weighted by molar-refractivity contribution is 5.85. The zero-order valence-electron chi connectivity index (χ0n) is 11.5. The van der Waals surface area contributed by atoms with E-state index in [2.05, 4.69) is 29.3 Å². The lowest BCUT2D eigenvalue weighted by atomic mass is 9.83. The van der Waals surface area contributed by atoms with Crippen LogP contribution in [0.4, 0.5) is 0 Å². The quantitative estimate of drug-likeness (QED) is 0.896. The largest absolute Gasteiger partial charge is 0.339 e. The molecule has 0 amide bonds. The first-order chi connectivity index (χ1) is 8.20. The van der Waals surface area contributed by atoms with Crippen LogP contribution >= 0.6 is 12.4 Å². The van der Waals surface area contributed by atoms with Gasteiger partial charge in [-0.05, 0) is 33.2 Å². The normalized spacial score (nSPS) is 19.5. The molecule has 1 N–H and O–H groups in total. The second-order valence-corrected chi connectivity index (χ2v) is 5.25. The summed E-state index contributed by atoms with van der Waals surface area (Å²) >= 11 is 0. The minimum atomic E-state index is 0. The molecule has 0 saturated heterocycles. The summed E-state index contributed by atoms with van der Waals surface area (Å²) in [6, 6.07) is 0.390. The number of aromatic nitrogens is 2. The Bertz CT molecular complexity index is 361. The average molecular weight is 274 g/mol. The van der Waals surface area contributed by atoms with Gasteiger partial charge in [-0.15, -0.1) is 12.4 Å². The molecular formula is C13H24ClN3O. The zero-order valence-corrected chi connectivity index (χ0v) is 12.3. The number of hydrogen-bond donors (Lipinski definition) is 1. The van der Waals surface area contributed by atoms with Crippen molar-refractivity contribution >= 4 is 12.4 Å². The maximum atomic E-state index is 5.50. The van der Waals surface area contributed by atoms with E-state index in [0.29, 0.717) is 6.04 Å². The third-order valence-corrected chi connectivity index (χ3v) is 4.14. The van der Waals surface area contributed by atoms with Gasteiger partial charge in [-0.1, -0.05) is 24.9 Å². The molecule has 5 heteroatoms. The van der Waals surface area contributed by atoms with Gasteiger partial charge in [-0.25, -0.2) is 0 Å². The second kappa shape index (κ2) is 6.53. The van der Waals surface area contributed by atoms with Gasteiger partial charge in [-0.3, -0.25) is 0 Å². The number of nitrogens with one attached hydrogen (secondary N) is 1. The Morgan fingerprint density at radius 1 is 1.39 bits per heavy atom. The molecule has 1 unspecified atom stereocenters. The van der Waals surface area contributed by atoms with Crippen molar-refractivity contribution in [3.8, 4) is 0 Å². The van der Waals surface area contributed by atoms with Crippen LogP contribution in [0, 0.1) is 0 Å². The van der Waals surface area contributed by atoms with Crippen molar-refractivity contribution < 1.29 is 4.52 Å². The number of halogens is 1.